The average molecular weight is 203 g/mol. The summed E-state index contributed by atoms with van der Waals surface area (Å²) in [6, 6.07) is 1.92. The van der Waals surface area contributed by atoms with Gasteiger partial charge in [0.15, 0.2) is 0 Å². The van der Waals surface area contributed by atoms with Crippen molar-refractivity contribution in [2.45, 2.75) is 13.8 Å². The second-order valence-electron chi connectivity index (χ2n) is 3.19. The number of anilines is 1. The lowest BCUT2D eigenvalue weighted by Crippen LogP contribution is -2.06. The maximum absolute atomic E-state index is 4.37. The van der Waals surface area contributed by atoms with E-state index in [1.165, 1.54) is 0 Å². The first-order valence-electron chi connectivity index (χ1n) is 4.87. The number of hydrogen-bond donors (Lipinski definition) is 1. The van der Waals surface area contributed by atoms with Gasteiger partial charge >= 0.3 is 0 Å². The Morgan fingerprint density at radius 3 is 2.93 bits per heavy atom. The quantitative estimate of drug-likeness (QED) is 0.819. The van der Waals surface area contributed by atoms with Crippen molar-refractivity contribution in [2.75, 3.05) is 11.9 Å². The van der Waals surface area contributed by atoms with E-state index in [1.807, 2.05) is 30.7 Å². The highest BCUT2D eigenvalue weighted by molar-refractivity contribution is 5.34. The van der Waals surface area contributed by atoms with Gasteiger partial charge in [-0.1, -0.05) is 0 Å². The van der Waals surface area contributed by atoms with Crippen LogP contribution in [0.15, 0.2) is 24.8 Å². The third kappa shape index (κ3) is 2.12. The van der Waals surface area contributed by atoms with Crippen LogP contribution in [0.1, 0.15) is 12.6 Å². The number of rotatable bonds is 3. The molecular weight excluding hydrogens is 190 g/mol. The number of hydrogen-bond acceptors (Lipinski definition) is 4. The summed E-state index contributed by atoms with van der Waals surface area (Å²) in [6.07, 6.45) is 5.30. The molecule has 5 nitrogen and oxygen atoms in total. The molecule has 0 aromatic carbocycles. The summed E-state index contributed by atoms with van der Waals surface area (Å²) in [5, 5.41) is 3.09. The topological polar surface area (TPSA) is 55.6 Å². The molecule has 0 aliphatic heterocycles. The van der Waals surface area contributed by atoms with Gasteiger partial charge in [-0.25, -0.2) is 9.97 Å². The monoisotopic (exact) mass is 203 g/mol. The van der Waals surface area contributed by atoms with Crippen molar-refractivity contribution in [3.63, 3.8) is 0 Å². The molecular formula is C10H13N5. The van der Waals surface area contributed by atoms with Gasteiger partial charge in [-0.05, 0) is 13.8 Å². The summed E-state index contributed by atoms with van der Waals surface area (Å²) in [4.78, 5) is 12.6. The summed E-state index contributed by atoms with van der Waals surface area (Å²) < 4.78 is 1.86. The van der Waals surface area contributed by atoms with Gasteiger partial charge in [0.1, 0.15) is 12.1 Å². The van der Waals surface area contributed by atoms with E-state index in [9.17, 15) is 0 Å². The highest BCUT2D eigenvalue weighted by atomic mass is 15.2. The van der Waals surface area contributed by atoms with Crippen molar-refractivity contribution in [3.8, 4) is 5.82 Å². The van der Waals surface area contributed by atoms with Crippen molar-refractivity contribution >= 4 is 5.95 Å². The minimum absolute atomic E-state index is 0.654. The maximum Gasteiger partial charge on any atom is 0.224 e. The average Bonchev–Trinajstić information content (AvgIpc) is 2.70. The van der Waals surface area contributed by atoms with Crippen molar-refractivity contribution in [1.82, 2.24) is 19.5 Å². The molecule has 2 aromatic heterocycles. The smallest absolute Gasteiger partial charge is 0.224 e. The molecule has 0 fully saturated rings. The predicted octanol–water partition coefficient (Wildman–Crippen LogP) is 1.40. The van der Waals surface area contributed by atoms with E-state index in [2.05, 4.69) is 20.3 Å². The fourth-order valence-electron chi connectivity index (χ4n) is 1.32. The van der Waals surface area contributed by atoms with Gasteiger partial charge in [-0.3, -0.25) is 4.57 Å². The zero-order valence-corrected chi connectivity index (χ0v) is 8.81. The molecule has 0 amide bonds. The van der Waals surface area contributed by atoms with Gasteiger partial charge in [-0.2, -0.15) is 4.98 Å². The number of aromatic nitrogens is 4. The molecule has 1 N–H and O–H groups in total. The first kappa shape index (κ1) is 9.64. The molecule has 0 aliphatic rings. The standard InChI is InChI=1S/C10H13N5/c1-3-12-10-13-8(2)6-9(14-10)15-5-4-11-7-15/h4-7H,3H2,1-2H3,(H,12,13,14). The summed E-state index contributed by atoms with van der Waals surface area (Å²) in [5.74, 6) is 1.48. The molecule has 5 heteroatoms. The zero-order chi connectivity index (χ0) is 10.7. The van der Waals surface area contributed by atoms with Gasteiger partial charge in [0.2, 0.25) is 5.95 Å². The van der Waals surface area contributed by atoms with Crippen LogP contribution in [0.4, 0.5) is 5.95 Å². The zero-order valence-electron chi connectivity index (χ0n) is 8.81. The van der Waals surface area contributed by atoms with Crippen LogP contribution in [0, 0.1) is 6.92 Å². The Balaban J connectivity index is 2.40. The summed E-state index contributed by atoms with van der Waals surface area (Å²) in [5.41, 5.74) is 0.935. The Bertz CT molecular complexity index is 435. The van der Waals surface area contributed by atoms with Crippen LogP contribution in [-0.4, -0.2) is 26.1 Å². The second kappa shape index (κ2) is 4.08. The van der Waals surface area contributed by atoms with Crippen LogP contribution in [0.5, 0.6) is 0 Å². The van der Waals surface area contributed by atoms with E-state index >= 15 is 0 Å². The lowest BCUT2D eigenvalue weighted by atomic mass is 10.4. The number of nitrogens with one attached hydrogen (secondary N) is 1. The molecule has 0 saturated carbocycles. The fourth-order valence-corrected chi connectivity index (χ4v) is 1.32. The molecule has 0 spiro atoms. The van der Waals surface area contributed by atoms with Gasteiger partial charge in [0.05, 0.1) is 0 Å². The van der Waals surface area contributed by atoms with Crippen LogP contribution < -0.4 is 5.32 Å². The van der Waals surface area contributed by atoms with Crippen molar-refractivity contribution in [3.05, 3.63) is 30.5 Å². The number of nitrogens with zero attached hydrogens (tertiary/aromatic N) is 4. The summed E-state index contributed by atoms with van der Waals surface area (Å²) >= 11 is 0. The van der Waals surface area contributed by atoms with E-state index < -0.39 is 0 Å². The molecule has 2 heterocycles. The lowest BCUT2D eigenvalue weighted by molar-refractivity contribution is 0.949. The van der Waals surface area contributed by atoms with E-state index in [0.29, 0.717) is 5.95 Å². The van der Waals surface area contributed by atoms with E-state index in [0.717, 1.165) is 18.1 Å². The first-order valence-corrected chi connectivity index (χ1v) is 4.87. The highest BCUT2D eigenvalue weighted by Gasteiger charge is 2.02. The van der Waals surface area contributed by atoms with Gasteiger partial charge in [-0.15, -0.1) is 0 Å². The molecule has 0 bridgehead atoms. The number of aryl methyl sites for hydroxylation is 1. The van der Waals surface area contributed by atoms with Crippen LogP contribution in [0.25, 0.3) is 5.82 Å². The lowest BCUT2D eigenvalue weighted by Gasteiger charge is -2.06. The summed E-state index contributed by atoms with van der Waals surface area (Å²) in [6.45, 7) is 4.78. The molecule has 0 aliphatic carbocycles. The van der Waals surface area contributed by atoms with Gasteiger partial charge in [0, 0.05) is 30.7 Å². The molecule has 0 saturated heterocycles. The molecule has 0 atom stereocenters. The number of imidazole rings is 1. The molecule has 0 unspecified atom stereocenters. The normalized spacial score (nSPS) is 10.3. The Morgan fingerprint density at radius 1 is 1.40 bits per heavy atom. The molecule has 2 aromatic rings. The van der Waals surface area contributed by atoms with Crippen LogP contribution >= 0.6 is 0 Å². The minimum atomic E-state index is 0.654. The van der Waals surface area contributed by atoms with E-state index in [1.54, 1.807) is 12.5 Å². The van der Waals surface area contributed by atoms with Gasteiger partial charge in [0.25, 0.3) is 0 Å². The fraction of sp³-hybridized carbons (Fsp3) is 0.300. The van der Waals surface area contributed by atoms with E-state index in [-0.39, 0.29) is 0 Å². The maximum atomic E-state index is 4.37. The Hall–Kier alpha value is -1.91. The molecule has 15 heavy (non-hydrogen) atoms. The van der Waals surface area contributed by atoms with Crippen LogP contribution in [0.2, 0.25) is 0 Å². The largest absolute Gasteiger partial charge is 0.354 e. The second-order valence-corrected chi connectivity index (χ2v) is 3.19. The minimum Gasteiger partial charge on any atom is -0.354 e. The van der Waals surface area contributed by atoms with E-state index in [4.69, 9.17) is 0 Å². The third-order valence-corrected chi connectivity index (χ3v) is 1.94. The Morgan fingerprint density at radius 2 is 2.27 bits per heavy atom. The van der Waals surface area contributed by atoms with Crippen LogP contribution in [0.3, 0.4) is 0 Å². The Labute approximate surface area is 88.2 Å². The predicted molar refractivity (Wildman–Crippen MR) is 58.1 cm³/mol. The highest BCUT2D eigenvalue weighted by Crippen LogP contribution is 2.08. The third-order valence-electron chi connectivity index (χ3n) is 1.94. The van der Waals surface area contributed by atoms with Crippen molar-refractivity contribution in [1.29, 1.82) is 0 Å². The summed E-state index contributed by atoms with van der Waals surface area (Å²) in [7, 11) is 0. The molecule has 2 rings (SSSR count). The van der Waals surface area contributed by atoms with Crippen molar-refractivity contribution < 1.29 is 0 Å². The SMILES string of the molecule is CCNc1nc(C)cc(-n2ccnc2)n1. The first-order chi connectivity index (χ1) is 7.29. The molecule has 0 radical (unpaired) electrons. The molecule has 78 valence electrons. The van der Waals surface area contributed by atoms with Crippen molar-refractivity contribution in [2.24, 2.45) is 0 Å². The van der Waals surface area contributed by atoms with Crippen LogP contribution in [-0.2, 0) is 0 Å². The Kier molecular flexibility index (Phi) is 2.62. The van der Waals surface area contributed by atoms with Gasteiger partial charge < -0.3 is 5.32 Å².